The van der Waals surface area contributed by atoms with Crippen LogP contribution in [0.5, 0.6) is 5.75 Å². The van der Waals surface area contributed by atoms with Gasteiger partial charge in [0.2, 0.25) is 0 Å². The van der Waals surface area contributed by atoms with Gasteiger partial charge in [-0.15, -0.1) is 0 Å². The first kappa shape index (κ1) is 22.7. The lowest BCUT2D eigenvalue weighted by Gasteiger charge is -2.54. The normalized spacial score (nSPS) is 25.1. The number of fused-ring (bicyclic) bond motifs is 3. The van der Waals surface area contributed by atoms with Crippen molar-refractivity contribution in [3.05, 3.63) is 99.5 Å². The van der Waals surface area contributed by atoms with Crippen LogP contribution in [0, 0.1) is 5.92 Å². The summed E-state index contributed by atoms with van der Waals surface area (Å²) < 4.78 is 5.61. The molecule has 0 aromatic heterocycles. The van der Waals surface area contributed by atoms with Crippen LogP contribution in [0.15, 0.2) is 72.8 Å². The summed E-state index contributed by atoms with van der Waals surface area (Å²) in [7, 11) is 1.74. The van der Waals surface area contributed by atoms with E-state index in [9.17, 15) is 0 Å². The zero-order chi connectivity index (χ0) is 22.8. The lowest BCUT2D eigenvalue weighted by molar-refractivity contribution is 0.00463. The molecule has 3 nitrogen and oxygen atoms in total. The number of piperidine rings is 3. The Kier molecular flexibility index (Phi) is 6.94. The molecule has 33 heavy (non-hydrogen) atoms. The Hall–Kier alpha value is -2.04. The van der Waals surface area contributed by atoms with Gasteiger partial charge in [-0.05, 0) is 61.2 Å². The Morgan fingerprint density at radius 2 is 1.70 bits per heavy atom. The summed E-state index contributed by atoms with van der Waals surface area (Å²) in [5.41, 5.74) is 3.63. The largest absolute Gasteiger partial charge is 0.496 e. The van der Waals surface area contributed by atoms with E-state index < -0.39 is 0 Å². The van der Waals surface area contributed by atoms with Crippen LogP contribution < -0.4 is 10.1 Å². The van der Waals surface area contributed by atoms with Gasteiger partial charge < -0.3 is 10.1 Å². The highest BCUT2D eigenvalue weighted by atomic mass is 35.5. The Morgan fingerprint density at radius 1 is 0.970 bits per heavy atom. The molecule has 3 saturated heterocycles. The molecular weight excluding hydrogens is 451 g/mol. The molecule has 0 radical (unpaired) electrons. The maximum atomic E-state index is 6.82. The van der Waals surface area contributed by atoms with Gasteiger partial charge in [-0.1, -0.05) is 77.8 Å². The molecule has 0 spiro atoms. The molecule has 5 heteroatoms. The average molecular weight is 481 g/mol. The predicted octanol–water partition coefficient (Wildman–Crippen LogP) is 6.39. The Morgan fingerprint density at radius 3 is 2.42 bits per heavy atom. The molecule has 3 unspecified atom stereocenters. The fraction of sp³-hybridized carbons (Fsp3) is 0.357. The molecule has 0 aliphatic carbocycles. The van der Waals surface area contributed by atoms with Crippen molar-refractivity contribution in [2.24, 2.45) is 5.92 Å². The van der Waals surface area contributed by atoms with E-state index in [1.807, 2.05) is 24.3 Å². The molecule has 3 aliphatic heterocycles. The van der Waals surface area contributed by atoms with E-state index in [1.54, 1.807) is 7.11 Å². The molecule has 0 amide bonds. The second kappa shape index (κ2) is 10.1. The standard InChI is InChI=1S/C28H30Cl2N2O/c1-33-25-10-6-5-9-21(25)18-31-27-20-13-15-32(16-14-20)28(27)26(19-7-3-2-4-8-19)23-12-11-22(29)17-24(23)30/h2-12,17,20,26-28,31H,13-16,18H2,1H3. The van der Waals surface area contributed by atoms with Crippen LogP contribution in [0.3, 0.4) is 0 Å². The molecule has 3 fully saturated rings. The molecule has 3 aromatic rings. The third-order valence-electron chi connectivity index (χ3n) is 7.39. The van der Waals surface area contributed by atoms with E-state index in [0.717, 1.165) is 36.0 Å². The lowest BCUT2D eigenvalue weighted by Crippen LogP contribution is -2.64. The fourth-order valence-corrected chi connectivity index (χ4v) is 6.37. The summed E-state index contributed by atoms with van der Waals surface area (Å²) in [4.78, 5) is 2.67. The lowest BCUT2D eigenvalue weighted by atomic mass is 9.70. The highest BCUT2D eigenvalue weighted by molar-refractivity contribution is 6.35. The van der Waals surface area contributed by atoms with Crippen LogP contribution in [0.2, 0.25) is 10.0 Å². The molecule has 6 rings (SSSR count). The van der Waals surface area contributed by atoms with Crippen LogP contribution in [0.1, 0.15) is 35.4 Å². The Labute approximate surface area is 206 Å². The van der Waals surface area contributed by atoms with Gasteiger partial charge in [0.25, 0.3) is 0 Å². The predicted molar refractivity (Wildman–Crippen MR) is 136 cm³/mol. The minimum Gasteiger partial charge on any atom is -0.496 e. The summed E-state index contributed by atoms with van der Waals surface area (Å²) in [6.07, 6.45) is 2.46. The van der Waals surface area contributed by atoms with Gasteiger partial charge in [-0.3, -0.25) is 4.90 Å². The zero-order valence-electron chi connectivity index (χ0n) is 18.9. The Balaban J connectivity index is 1.53. The number of hydrogen-bond donors (Lipinski definition) is 1. The molecule has 3 aliphatic rings. The average Bonchev–Trinajstić information content (AvgIpc) is 2.86. The summed E-state index contributed by atoms with van der Waals surface area (Å²) in [6.45, 7) is 3.05. The van der Waals surface area contributed by atoms with Crippen molar-refractivity contribution in [3.8, 4) is 5.75 Å². The third-order valence-corrected chi connectivity index (χ3v) is 7.95. The molecule has 2 bridgehead atoms. The number of halogens is 2. The first-order valence-electron chi connectivity index (χ1n) is 11.7. The fourth-order valence-electron chi connectivity index (χ4n) is 5.84. The number of ether oxygens (including phenoxy) is 1. The van der Waals surface area contributed by atoms with Crippen LogP contribution in [-0.2, 0) is 6.54 Å². The van der Waals surface area contributed by atoms with Crippen LogP contribution in [0.25, 0.3) is 0 Å². The van der Waals surface area contributed by atoms with Crippen molar-refractivity contribution in [1.82, 2.24) is 10.2 Å². The van der Waals surface area contributed by atoms with E-state index in [-0.39, 0.29) is 5.92 Å². The molecule has 3 heterocycles. The van der Waals surface area contributed by atoms with Crippen molar-refractivity contribution >= 4 is 23.2 Å². The summed E-state index contributed by atoms with van der Waals surface area (Å²) >= 11 is 13.1. The van der Waals surface area contributed by atoms with Gasteiger partial charge >= 0.3 is 0 Å². The van der Waals surface area contributed by atoms with Gasteiger partial charge in [-0.25, -0.2) is 0 Å². The second-order valence-corrected chi connectivity index (χ2v) is 9.98. The number of para-hydroxylation sites is 1. The maximum absolute atomic E-state index is 6.82. The minimum absolute atomic E-state index is 0.161. The first-order chi connectivity index (χ1) is 16.2. The third kappa shape index (κ3) is 4.65. The molecular formula is C28H30Cl2N2O. The van der Waals surface area contributed by atoms with E-state index in [1.165, 1.54) is 24.0 Å². The number of nitrogens with one attached hydrogen (secondary N) is 1. The zero-order valence-corrected chi connectivity index (χ0v) is 20.4. The quantitative estimate of drug-likeness (QED) is 0.424. The summed E-state index contributed by atoms with van der Waals surface area (Å²) in [5, 5.41) is 5.37. The second-order valence-electron chi connectivity index (χ2n) is 9.14. The monoisotopic (exact) mass is 480 g/mol. The highest BCUT2D eigenvalue weighted by Crippen LogP contribution is 2.44. The van der Waals surface area contributed by atoms with Gasteiger partial charge in [0.05, 0.1) is 7.11 Å². The maximum Gasteiger partial charge on any atom is 0.123 e. The number of rotatable bonds is 7. The number of hydrogen-bond acceptors (Lipinski definition) is 3. The van der Waals surface area contributed by atoms with E-state index in [0.29, 0.717) is 23.0 Å². The first-order valence-corrected chi connectivity index (χ1v) is 12.5. The van der Waals surface area contributed by atoms with Crippen molar-refractivity contribution in [1.29, 1.82) is 0 Å². The Bertz CT molecular complexity index is 1080. The minimum atomic E-state index is 0.161. The van der Waals surface area contributed by atoms with E-state index in [4.69, 9.17) is 27.9 Å². The van der Waals surface area contributed by atoms with Gasteiger partial charge in [0.1, 0.15) is 5.75 Å². The SMILES string of the molecule is COc1ccccc1CNC1C2CCN(CC2)C1C(c1ccccc1)c1ccc(Cl)cc1Cl. The topological polar surface area (TPSA) is 24.5 Å². The molecule has 1 N–H and O–H groups in total. The molecule has 3 atom stereocenters. The van der Waals surface area contributed by atoms with Crippen molar-refractivity contribution in [2.45, 2.75) is 37.4 Å². The smallest absolute Gasteiger partial charge is 0.123 e. The van der Waals surface area contributed by atoms with Gasteiger partial charge in [0.15, 0.2) is 0 Å². The van der Waals surface area contributed by atoms with Gasteiger partial charge in [0, 0.05) is 40.2 Å². The number of methoxy groups -OCH3 is 1. The summed E-state index contributed by atoms with van der Waals surface area (Å²) in [6, 6.07) is 25.7. The number of benzene rings is 3. The molecule has 0 saturated carbocycles. The van der Waals surface area contributed by atoms with Crippen molar-refractivity contribution in [3.63, 3.8) is 0 Å². The van der Waals surface area contributed by atoms with Crippen LogP contribution >= 0.6 is 23.2 Å². The van der Waals surface area contributed by atoms with Crippen molar-refractivity contribution in [2.75, 3.05) is 20.2 Å². The van der Waals surface area contributed by atoms with Crippen molar-refractivity contribution < 1.29 is 4.74 Å². The molecule has 3 aromatic carbocycles. The van der Waals surface area contributed by atoms with Crippen LogP contribution in [0.4, 0.5) is 0 Å². The summed E-state index contributed by atoms with van der Waals surface area (Å²) in [5.74, 6) is 1.74. The van der Waals surface area contributed by atoms with Gasteiger partial charge in [-0.2, -0.15) is 0 Å². The molecule has 172 valence electrons. The van der Waals surface area contributed by atoms with E-state index in [2.05, 4.69) is 58.7 Å². The van der Waals surface area contributed by atoms with E-state index >= 15 is 0 Å². The van der Waals surface area contributed by atoms with Crippen LogP contribution in [-0.4, -0.2) is 37.2 Å². The highest BCUT2D eigenvalue weighted by Gasteiger charge is 2.46. The number of nitrogens with zero attached hydrogens (tertiary/aromatic N) is 1.